The molecule has 0 amide bonds. The van der Waals surface area contributed by atoms with Crippen LogP contribution in [0.5, 0.6) is 0 Å². The summed E-state index contributed by atoms with van der Waals surface area (Å²) in [4.78, 5) is 39.7. The lowest BCUT2D eigenvalue weighted by Crippen LogP contribution is -2.26. The number of esters is 2. The number of benzene rings is 1. The number of nitrogens with zero attached hydrogens (tertiary/aromatic N) is 2. The lowest BCUT2D eigenvalue weighted by Gasteiger charge is -2.19. The maximum Gasteiger partial charge on any atom is 0.420 e. The molecule has 0 atom stereocenters. The fourth-order valence-electron chi connectivity index (χ4n) is 2.14. The van der Waals surface area contributed by atoms with Gasteiger partial charge in [0.2, 0.25) is 0 Å². The van der Waals surface area contributed by atoms with Gasteiger partial charge in [-0.2, -0.15) is 0 Å². The Kier molecular flexibility index (Phi) is 5.84. The van der Waals surface area contributed by atoms with Crippen molar-refractivity contribution in [2.45, 2.75) is 26.4 Å². The molecule has 1 N–H and O–H groups in total. The Bertz CT molecular complexity index is 907. The number of methoxy groups -OCH3 is 2. The minimum Gasteiger partial charge on any atom is -0.466 e. The first kappa shape index (κ1) is 20.0. The van der Waals surface area contributed by atoms with Gasteiger partial charge in [0.25, 0.3) is 0 Å². The number of hydrogen-bond acceptors (Lipinski definition) is 8. The lowest BCUT2D eigenvalue weighted by molar-refractivity contribution is -0.138. The number of nitrogens with one attached hydrogen (secondary N) is 1. The van der Waals surface area contributed by atoms with Crippen LogP contribution in [0.15, 0.2) is 36.3 Å². The molecule has 0 radical (unpaired) electrons. The topological polar surface area (TPSA) is 109 Å². The van der Waals surface area contributed by atoms with Gasteiger partial charge in [0.15, 0.2) is 0 Å². The number of rotatable bonds is 4. The smallest absolute Gasteiger partial charge is 0.420 e. The normalized spacial score (nSPS) is 11.8. The van der Waals surface area contributed by atoms with Crippen molar-refractivity contribution in [3.05, 3.63) is 36.3 Å². The minimum atomic E-state index is -0.736. The van der Waals surface area contributed by atoms with E-state index in [4.69, 9.17) is 4.74 Å². The van der Waals surface area contributed by atoms with Crippen LogP contribution in [0.1, 0.15) is 20.8 Å². The van der Waals surface area contributed by atoms with Gasteiger partial charge in [-0.25, -0.2) is 23.9 Å². The standard InChI is InChI=1S/C18H21N3O6/c1-18(2,3)27-17(24)21-10-19-12-8-11(6-7-14(12)21)20-13(16(23)26-5)9-15(22)25-4/h6-10,20H,1-5H3/b13-9+. The van der Waals surface area contributed by atoms with Crippen molar-refractivity contribution in [1.82, 2.24) is 9.55 Å². The summed E-state index contributed by atoms with van der Waals surface area (Å²) in [5.74, 6) is -1.45. The molecule has 0 bridgehead atoms. The fraction of sp³-hybridized carbons (Fsp3) is 0.333. The third-order valence-electron chi connectivity index (χ3n) is 3.29. The number of carbonyl (C=O) groups is 3. The van der Waals surface area contributed by atoms with E-state index in [1.54, 1.807) is 39.0 Å². The van der Waals surface area contributed by atoms with Gasteiger partial charge in [0, 0.05) is 5.69 Å². The molecule has 0 saturated heterocycles. The molecule has 1 aromatic carbocycles. The number of anilines is 1. The zero-order valence-corrected chi connectivity index (χ0v) is 15.7. The Labute approximate surface area is 155 Å². The van der Waals surface area contributed by atoms with E-state index < -0.39 is 23.6 Å². The van der Waals surface area contributed by atoms with E-state index in [1.807, 2.05) is 0 Å². The molecule has 0 fully saturated rings. The molecule has 1 aromatic heterocycles. The van der Waals surface area contributed by atoms with E-state index >= 15 is 0 Å². The second-order valence-corrected chi connectivity index (χ2v) is 6.50. The van der Waals surface area contributed by atoms with Crippen molar-refractivity contribution >= 4 is 34.8 Å². The van der Waals surface area contributed by atoms with Crippen LogP contribution in [0, 0.1) is 0 Å². The Morgan fingerprint density at radius 2 is 1.85 bits per heavy atom. The van der Waals surface area contributed by atoms with Gasteiger partial charge in [-0.15, -0.1) is 0 Å². The highest BCUT2D eigenvalue weighted by Gasteiger charge is 2.20. The lowest BCUT2D eigenvalue weighted by atomic mass is 10.2. The monoisotopic (exact) mass is 375 g/mol. The number of ether oxygens (including phenoxy) is 3. The first-order valence-electron chi connectivity index (χ1n) is 8.00. The summed E-state index contributed by atoms with van der Waals surface area (Å²) >= 11 is 0. The highest BCUT2D eigenvalue weighted by Crippen LogP contribution is 2.21. The molecule has 1 heterocycles. The van der Waals surface area contributed by atoms with E-state index in [2.05, 4.69) is 19.8 Å². The SMILES string of the molecule is COC(=O)/C=C(/Nc1ccc2c(c1)ncn2C(=O)OC(C)(C)C)C(=O)OC. The zero-order chi connectivity index (χ0) is 20.2. The average molecular weight is 375 g/mol. The Balaban J connectivity index is 2.31. The van der Waals surface area contributed by atoms with Crippen molar-refractivity contribution in [1.29, 1.82) is 0 Å². The van der Waals surface area contributed by atoms with Crippen molar-refractivity contribution in [3.63, 3.8) is 0 Å². The maximum absolute atomic E-state index is 12.2. The summed E-state index contributed by atoms with van der Waals surface area (Å²) < 4.78 is 15.8. The molecule has 2 rings (SSSR count). The molecule has 144 valence electrons. The summed E-state index contributed by atoms with van der Waals surface area (Å²) in [5, 5.41) is 2.78. The van der Waals surface area contributed by atoms with Gasteiger partial charge < -0.3 is 19.5 Å². The third-order valence-corrected chi connectivity index (χ3v) is 3.29. The van der Waals surface area contributed by atoms with Crippen molar-refractivity contribution < 1.29 is 28.6 Å². The van der Waals surface area contributed by atoms with Crippen LogP contribution in [-0.4, -0.2) is 47.4 Å². The highest BCUT2D eigenvalue weighted by molar-refractivity contribution is 5.99. The van der Waals surface area contributed by atoms with E-state index in [-0.39, 0.29) is 5.70 Å². The van der Waals surface area contributed by atoms with E-state index in [0.29, 0.717) is 16.7 Å². The second kappa shape index (κ2) is 7.90. The quantitative estimate of drug-likeness (QED) is 0.493. The van der Waals surface area contributed by atoms with E-state index in [0.717, 1.165) is 6.08 Å². The summed E-state index contributed by atoms with van der Waals surface area (Å²) in [6.07, 6.45) is 1.79. The predicted octanol–water partition coefficient (Wildman–Crippen LogP) is 2.46. The molecular formula is C18H21N3O6. The maximum atomic E-state index is 12.2. The summed E-state index contributed by atoms with van der Waals surface area (Å²) in [7, 11) is 2.39. The number of fused-ring (bicyclic) bond motifs is 1. The average Bonchev–Trinajstić information content (AvgIpc) is 3.02. The first-order valence-corrected chi connectivity index (χ1v) is 8.00. The van der Waals surface area contributed by atoms with Gasteiger partial charge in [0.1, 0.15) is 17.6 Å². The van der Waals surface area contributed by atoms with Crippen LogP contribution in [0.4, 0.5) is 10.5 Å². The van der Waals surface area contributed by atoms with Crippen LogP contribution in [0.2, 0.25) is 0 Å². The highest BCUT2D eigenvalue weighted by atomic mass is 16.6. The summed E-state index contributed by atoms with van der Waals surface area (Å²) in [6.45, 7) is 5.32. The summed E-state index contributed by atoms with van der Waals surface area (Å²) in [6, 6.07) is 4.88. The second-order valence-electron chi connectivity index (χ2n) is 6.50. The number of imidazole rings is 1. The van der Waals surface area contributed by atoms with Gasteiger partial charge in [-0.05, 0) is 39.0 Å². The number of carbonyl (C=O) groups excluding carboxylic acids is 3. The number of aromatic nitrogens is 2. The minimum absolute atomic E-state index is 0.102. The Morgan fingerprint density at radius 3 is 2.44 bits per heavy atom. The third kappa shape index (κ3) is 5.06. The van der Waals surface area contributed by atoms with Crippen LogP contribution in [-0.2, 0) is 23.8 Å². The van der Waals surface area contributed by atoms with E-state index in [9.17, 15) is 14.4 Å². The van der Waals surface area contributed by atoms with Gasteiger partial charge in [-0.1, -0.05) is 0 Å². The summed E-state index contributed by atoms with van der Waals surface area (Å²) in [5.41, 5.74) is 0.760. The Hall–Kier alpha value is -3.36. The largest absolute Gasteiger partial charge is 0.466 e. The molecule has 9 heteroatoms. The van der Waals surface area contributed by atoms with Gasteiger partial charge >= 0.3 is 18.0 Å². The molecule has 2 aromatic rings. The molecule has 0 spiro atoms. The van der Waals surface area contributed by atoms with E-state index in [1.165, 1.54) is 25.1 Å². The van der Waals surface area contributed by atoms with Crippen LogP contribution < -0.4 is 5.32 Å². The molecule has 0 unspecified atom stereocenters. The van der Waals surface area contributed by atoms with Crippen LogP contribution >= 0.6 is 0 Å². The molecule has 0 aliphatic heterocycles. The van der Waals surface area contributed by atoms with Gasteiger partial charge in [0.05, 0.1) is 31.3 Å². The molecule has 0 aliphatic rings. The fourth-order valence-corrected chi connectivity index (χ4v) is 2.14. The molecule has 9 nitrogen and oxygen atoms in total. The van der Waals surface area contributed by atoms with Crippen molar-refractivity contribution in [3.8, 4) is 0 Å². The van der Waals surface area contributed by atoms with Gasteiger partial charge in [-0.3, -0.25) is 0 Å². The van der Waals surface area contributed by atoms with Crippen molar-refractivity contribution in [2.75, 3.05) is 19.5 Å². The number of hydrogen-bond donors (Lipinski definition) is 1. The molecule has 0 saturated carbocycles. The molecule has 0 aliphatic carbocycles. The Morgan fingerprint density at radius 1 is 1.15 bits per heavy atom. The molecular weight excluding hydrogens is 354 g/mol. The van der Waals surface area contributed by atoms with Crippen LogP contribution in [0.3, 0.4) is 0 Å². The van der Waals surface area contributed by atoms with Crippen molar-refractivity contribution in [2.24, 2.45) is 0 Å². The zero-order valence-electron chi connectivity index (χ0n) is 15.7. The molecule has 27 heavy (non-hydrogen) atoms. The van der Waals surface area contributed by atoms with Crippen LogP contribution in [0.25, 0.3) is 11.0 Å². The first-order chi connectivity index (χ1) is 12.6. The predicted molar refractivity (Wildman–Crippen MR) is 97.1 cm³/mol.